The normalized spacial score (nSPS) is 22.9. The number of carboxylic acid groups (broad SMARTS) is 1. The van der Waals surface area contributed by atoms with Crippen LogP contribution >= 0.6 is 0 Å². The third kappa shape index (κ3) is 1.63. The minimum absolute atomic E-state index is 0.0400. The summed E-state index contributed by atoms with van der Waals surface area (Å²) in [5.74, 6) is -0.489. The van der Waals surface area contributed by atoms with E-state index in [9.17, 15) is 9.90 Å². The fraction of sp³-hybridized carbons (Fsp3) is 0.583. The van der Waals surface area contributed by atoms with Crippen LogP contribution in [0.5, 0.6) is 0 Å². The van der Waals surface area contributed by atoms with Crippen molar-refractivity contribution in [1.29, 1.82) is 0 Å². The van der Waals surface area contributed by atoms with E-state index in [1.165, 1.54) is 0 Å². The van der Waals surface area contributed by atoms with Crippen LogP contribution in [0.2, 0.25) is 0 Å². The number of aromatic carboxylic acids is 1. The van der Waals surface area contributed by atoms with Crippen LogP contribution < -0.4 is 0 Å². The molecule has 0 unspecified atom stereocenters. The molecule has 0 aliphatic heterocycles. The number of rotatable bonds is 1. The maximum Gasteiger partial charge on any atom is 0.372 e. The van der Waals surface area contributed by atoms with Crippen LogP contribution in [0.25, 0.3) is 0 Å². The molecule has 4 nitrogen and oxygen atoms in total. The molecule has 0 saturated heterocycles. The van der Waals surface area contributed by atoms with E-state index in [4.69, 9.17) is 9.52 Å². The number of furan rings is 1. The molecule has 1 aromatic rings. The van der Waals surface area contributed by atoms with Crippen molar-refractivity contribution in [2.24, 2.45) is 5.41 Å². The molecule has 0 bridgehead atoms. The Morgan fingerprint density at radius 1 is 1.50 bits per heavy atom. The van der Waals surface area contributed by atoms with Gasteiger partial charge in [-0.2, -0.15) is 0 Å². The monoisotopic (exact) mass is 224 g/mol. The van der Waals surface area contributed by atoms with E-state index in [1.54, 1.807) is 6.92 Å². The van der Waals surface area contributed by atoms with Crippen molar-refractivity contribution in [2.45, 2.75) is 39.7 Å². The van der Waals surface area contributed by atoms with Gasteiger partial charge in [0.05, 0.1) is 6.10 Å². The topological polar surface area (TPSA) is 70.7 Å². The first-order valence-corrected chi connectivity index (χ1v) is 5.35. The van der Waals surface area contributed by atoms with Crippen LogP contribution in [0.4, 0.5) is 0 Å². The Morgan fingerprint density at radius 3 is 2.69 bits per heavy atom. The summed E-state index contributed by atoms with van der Waals surface area (Å²) >= 11 is 0. The second-order valence-electron chi connectivity index (χ2n) is 5.26. The Hall–Kier alpha value is -1.29. The first kappa shape index (κ1) is 11.2. The van der Waals surface area contributed by atoms with Gasteiger partial charge in [-0.3, -0.25) is 0 Å². The third-order valence-electron chi connectivity index (χ3n) is 3.18. The van der Waals surface area contributed by atoms with Crippen molar-refractivity contribution < 1.29 is 19.4 Å². The van der Waals surface area contributed by atoms with Crippen LogP contribution in [0.15, 0.2) is 4.42 Å². The number of fused-ring (bicyclic) bond motifs is 1. The first-order chi connectivity index (χ1) is 7.32. The van der Waals surface area contributed by atoms with E-state index in [0.29, 0.717) is 29.7 Å². The average Bonchev–Trinajstić information content (AvgIpc) is 2.40. The minimum Gasteiger partial charge on any atom is -0.475 e. The summed E-state index contributed by atoms with van der Waals surface area (Å²) < 4.78 is 5.34. The zero-order chi connectivity index (χ0) is 12.1. The van der Waals surface area contributed by atoms with Gasteiger partial charge in [0.2, 0.25) is 5.76 Å². The zero-order valence-corrected chi connectivity index (χ0v) is 9.70. The first-order valence-electron chi connectivity index (χ1n) is 5.35. The van der Waals surface area contributed by atoms with Crippen LogP contribution in [-0.2, 0) is 6.42 Å². The lowest BCUT2D eigenvalue weighted by atomic mass is 9.75. The highest BCUT2D eigenvalue weighted by Gasteiger charge is 2.37. The van der Waals surface area contributed by atoms with E-state index in [-0.39, 0.29) is 11.2 Å². The summed E-state index contributed by atoms with van der Waals surface area (Å²) in [6.07, 6.45) is 0.697. The van der Waals surface area contributed by atoms with Crippen molar-refractivity contribution in [1.82, 2.24) is 0 Å². The molecule has 0 aromatic carbocycles. The Morgan fingerprint density at radius 2 is 2.12 bits per heavy atom. The van der Waals surface area contributed by atoms with Crippen LogP contribution in [0.3, 0.4) is 0 Å². The lowest BCUT2D eigenvalue weighted by Crippen LogP contribution is -2.24. The molecule has 1 heterocycles. The molecular formula is C12H16O4. The quantitative estimate of drug-likeness (QED) is 0.767. The van der Waals surface area contributed by atoms with Gasteiger partial charge in [0.1, 0.15) is 5.76 Å². The molecule has 0 spiro atoms. The van der Waals surface area contributed by atoms with Crippen LogP contribution in [0.1, 0.15) is 53.8 Å². The molecule has 16 heavy (non-hydrogen) atoms. The highest BCUT2D eigenvalue weighted by Crippen LogP contribution is 2.43. The van der Waals surface area contributed by atoms with Crippen LogP contribution in [0, 0.1) is 12.3 Å². The summed E-state index contributed by atoms with van der Waals surface area (Å²) in [6.45, 7) is 5.77. The standard InChI is InChI=1S/C12H16O4/c1-6-9-7(13)4-12(2,3)5-8(9)16-10(6)11(14)15/h7,13H,4-5H2,1-3H3,(H,14,15)/t7-/m1/s1. The minimum atomic E-state index is -1.07. The van der Waals surface area contributed by atoms with E-state index < -0.39 is 12.1 Å². The molecular weight excluding hydrogens is 208 g/mol. The van der Waals surface area contributed by atoms with E-state index in [0.717, 1.165) is 0 Å². The molecule has 0 radical (unpaired) electrons. The van der Waals surface area contributed by atoms with Crippen LogP contribution in [-0.4, -0.2) is 16.2 Å². The molecule has 1 aliphatic rings. The van der Waals surface area contributed by atoms with E-state index in [2.05, 4.69) is 0 Å². The maximum absolute atomic E-state index is 10.9. The molecule has 1 aliphatic carbocycles. The summed E-state index contributed by atoms with van der Waals surface area (Å²) in [7, 11) is 0. The second kappa shape index (κ2) is 3.35. The average molecular weight is 224 g/mol. The molecule has 0 amide bonds. The smallest absolute Gasteiger partial charge is 0.372 e. The fourth-order valence-electron chi connectivity index (χ4n) is 2.49. The van der Waals surface area contributed by atoms with Gasteiger partial charge in [0.25, 0.3) is 0 Å². The van der Waals surface area contributed by atoms with Crippen molar-refractivity contribution in [3.8, 4) is 0 Å². The van der Waals surface area contributed by atoms with Crippen molar-refractivity contribution in [2.75, 3.05) is 0 Å². The van der Waals surface area contributed by atoms with Gasteiger partial charge >= 0.3 is 5.97 Å². The largest absolute Gasteiger partial charge is 0.475 e. The molecule has 0 fully saturated rings. The van der Waals surface area contributed by atoms with Gasteiger partial charge in [0, 0.05) is 17.5 Å². The van der Waals surface area contributed by atoms with Gasteiger partial charge < -0.3 is 14.6 Å². The predicted molar refractivity (Wildman–Crippen MR) is 57.5 cm³/mol. The number of hydrogen-bond donors (Lipinski definition) is 2. The lowest BCUT2D eigenvalue weighted by molar-refractivity contribution is 0.0652. The van der Waals surface area contributed by atoms with Gasteiger partial charge in [-0.25, -0.2) is 4.79 Å². The summed E-state index contributed by atoms with van der Waals surface area (Å²) in [4.78, 5) is 10.9. The number of carbonyl (C=O) groups is 1. The molecule has 0 saturated carbocycles. The Labute approximate surface area is 93.9 Å². The fourth-order valence-corrected chi connectivity index (χ4v) is 2.49. The van der Waals surface area contributed by atoms with Gasteiger partial charge in [-0.15, -0.1) is 0 Å². The summed E-state index contributed by atoms with van der Waals surface area (Å²) in [6, 6.07) is 0. The molecule has 1 aromatic heterocycles. The summed E-state index contributed by atoms with van der Waals surface area (Å²) in [5.41, 5.74) is 1.19. The Balaban J connectivity index is 2.54. The Bertz CT molecular complexity index is 442. The Kier molecular flexibility index (Phi) is 2.35. The highest BCUT2D eigenvalue weighted by atomic mass is 16.4. The highest BCUT2D eigenvalue weighted by molar-refractivity contribution is 5.86. The summed E-state index contributed by atoms with van der Waals surface area (Å²) in [5, 5.41) is 19.0. The SMILES string of the molecule is Cc1c(C(=O)O)oc2c1[C@H](O)CC(C)(C)C2. The van der Waals surface area contributed by atoms with Gasteiger partial charge in [0.15, 0.2) is 0 Å². The number of aliphatic hydroxyl groups is 1. The number of carboxylic acids is 1. The third-order valence-corrected chi connectivity index (χ3v) is 3.18. The maximum atomic E-state index is 10.9. The lowest BCUT2D eigenvalue weighted by Gasteiger charge is -2.31. The molecule has 88 valence electrons. The van der Waals surface area contributed by atoms with E-state index >= 15 is 0 Å². The van der Waals surface area contributed by atoms with Crippen molar-refractivity contribution in [3.05, 3.63) is 22.6 Å². The predicted octanol–water partition coefficient (Wildman–Crippen LogP) is 2.29. The number of aliphatic hydroxyl groups excluding tert-OH is 1. The van der Waals surface area contributed by atoms with Gasteiger partial charge in [-0.1, -0.05) is 13.8 Å². The molecule has 1 atom stereocenters. The molecule has 4 heteroatoms. The van der Waals surface area contributed by atoms with Crippen molar-refractivity contribution in [3.63, 3.8) is 0 Å². The number of hydrogen-bond acceptors (Lipinski definition) is 3. The van der Waals surface area contributed by atoms with E-state index in [1.807, 2.05) is 13.8 Å². The molecule has 2 rings (SSSR count). The molecule has 2 N–H and O–H groups in total. The van der Waals surface area contributed by atoms with Crippen molar-refractivity contribution >= 4 is 5.97 Å². The second-order valence-corrected chi connectivity index (χ2v) is 5.26. The zero-order valence-electron chi connectivity index (χ0n) is 9.70. The van der Waals surface area contributed by atoms with Gasteiger partial charge in [-0.05, 0) is 18.8 Å².